The molecule has 0 atom stereocenters. The van der Waals surface area contributed by atoms with E-state index in [9.17, 15) is 9.18 Å². The number of anilines is 1. The zero-order valence-corrected chi connectivity index (χ0v) is 10.3. The average Bonchev–Trinajstić information content (AvgIpc) is 2.33. The maximum absolute atomic E-state index is 13.6. The molecule has 0 bridgehead atoms. The molecule has 4 heteroatoms. The van der Waals surface area contributed by atoms with Crippen molar-refractivity contribution < 1.29 is 14.3 Å². The van der Waals surface area contributed by atoms with Crippen LogP contribution in [-0.4, -0.2) is 17.6 Å². The van der Waals surface area contributed by atoms with E-state index < -0.39 is 5.82 Å². The Morgan fingerprint density at radius 2 is 2.28 bits per heavy atom. The maximum atomic E-state index is 13.6. The number of carbonyl (C=O) groups is 1. The number of nitrogens with one attached hydrogen (secondary N) is 1. The second-order valence-corrected chi connectivity index (χ2v) is 3.77. The van der Waals surface area contributed by atoms with Crippen LogP contribution in [0.15, 0.2) is 18.2 Å². The van der Waals surface area contributed by atoms with Crippen molar-refractivity contribution >= 4 is 11.6 Å². The predicted molar refractivity (Wildman–Crippen MR) is 68.5 cm³/mol. The second-order valence-electron chi connectivity index (χ2n) is 3.77. The van der Waals surface area contributed by atoms with Gasteiger partial charge in [-0.25, -0.2) is 4.39 Å². The molecule has 0 radical (unpaired) electrons. The molecule has 1 aromatic carbocycles. The minimum Gasteiger partial charge on any atom is -0.395 e. The van der Waals surface area contributed by atoms with E-state index in [1.165, 1.54) is 12.1 Å². The highest BCUT2D eigenvalue weighted by molar-refractivity contribution is 5.90. The van der Waals surface area contributed by atoms with Crippen LogP contribution < -0.4 is 5.32 Å². The zero-order chi connectivity index (χ0) is 13.4. The van der Waals surface area contributed by atoms with Crippen LogP contribution in [0, 0.1) is 17.7 Å². The van der Waals surface area contributed by atoms with Crippen LogP contribution in [0.25, 0.3) is 0 Å². The molecule has 0 saturated carbocycles. The first-order valence-electron chi connectivity index (χ1n) is 5.86. The summed E-state index contributed by atoms with van der Waals surface area (Å²) in [5, 5.41) is 11.1. The van der Waals surface area contributed by atoms with Gasteiger partial charge in [0.1, 0.15) is 5.82 Å². The molecule has 0 saturated heterocycles. The molecule has 0 aromatic heterocycles. The van der Waals surface area contributed by atoms with E-state index in [-0.39, 0.29) is 18.2 Å². The Morgan fingerprint density at radius 3 is 2.89 bits per heavy atom. The van der Waals surface area contributed by atoms with Crippen LogP contribution in [0.1, 0.15) is 31.7 Å². The molecular weight excluding hydrogens is 233 g/mol. The molecule has 0 aliphatic rings. The Bertz CT molecular complexity index is 474. The van der Waals surface area contributed by atoms with Gasteiger partial charge in [-0.1, -0.05) is 18.8 Å². The van der Waals surface area contributed by atoms with Crippen molar-refractivity contribution in [1.82, 2.24) is 0 Å². The highest BCUT2D eigenvalue weighted by Crippen LogP contribution is 2.15. The van der Waals surface area contributed by atoms with Crippen LogP contribution in [-0.2, 0) is 4.79 Å². The fourth-order valence-electron chi connectivity index (χ4n) is 1.35. The third-order valence-corrected chi connectivity index (χ3v) is 2.19. The van der Waals surface area contributed by atoms with Gasteiger partial charge in [-0.2, -0.15) is 0 Å². The van der Waals surface area contributed by atoms with Gasteiger partial charge in [-0.15, -0.1) is 0 Å². The summed E-state index contributed by atoms with van der Waals surface area (Å²) in [7, 11) is 0. The second kappa shape index (κ2) is 7.46. The largest absolute Gasteiger partial charge is 0.395 e. The standard InChI is InChI=1S/C14H16FNO2/c1-2-5-14(18)16-13-8-7-11(10-12(13)15)6-3-4-9-17/h7-8,10,17H,2,4-5,9H2,1H3,(H,16,18). The Kier molecular flexibility index (Phi) is 5.89. The minimum absolute atomic E-state index is 0.0133. The molecular formula is C14H16FNO2. The zero-order valence-electron chi connectivity index (χ0n) is 10.3. The van der Waals surface area contributed by atoms with Crippen LogP contribution >= 0.6 is 0 Å². The third kappa shape index (κ3) is 4.56. The fraction of sp³-hybridized carbons (Fsp3) is 0.357. The number of halogens is 1. The molecule has 3 nitrogen and oxygen atoms in total. The van der Waals surface area contributed by atoms with Gasteiger partial charge in [-0.3, -0.25) is 4.79 Å². The number of benzene rings is 1. The van der Waals surface area contributed by atoms with Crippen molar-refractivity contribution in [3.63, 3.8) is 0 Å². The van der Waals surface area contributed by atoms with E-state index in [2.05, 4.69) is 17.2 Å². The molecule has 1 amide bonds. The number of aliphatic hydroxyl groups excluding tert-OH is 1. The summed E-state index contributed by atoms with van der Waals surface area (Å²) in [6.45, 7) is 1.87. The van der Waals surface area contributed by atoms with Gasteiger partial charge < -0.3 is 10.4 Å². The van der Waals surface area contributed by atoms with Gasteiger partial charge in [0.05, 0.1) is 12.3 Å². The summed E-state index contributed by atoms with van der Waals surface area (Å²) in [5.41, 5.74) is 0.690. The quantitative estimate of drug-likeness (QED) is 0.804. The van der Waals surface area contributed by atoms with Gasteiger partial charge in [0, 0.05) is 18.4 Å². The Hall–Kier alpha value is -1.86. The number of hydrogen-bond donors (Lipinski definition) is 2. The van der Waals surface area contributed by atoms with Crippen LogP contribution in [0.3, 0.4) is 0 Å². The molecule has 1 aromatic rings. The van der Waals surface area contributed by atoms with Crippen LogP contribution in [0.4, 0.5) is 10.1 Å². The van der Waals surface area contributed by atoms with Crippen molar-refractivity contribution in [2.45, 2.75) is 26.2 Å². The molecule has 0 heterocycles. The fourth-order valence-corrected chi connectivity index (χ4v) is 1.35. The molecule has 96 valence electrons. The number of carbonyl (C=O) groups excluding carboxylic acids is 1. The summed E-state index contributed by atoms with van der Waals surface area (Å²) in [6, 6.07) is 4.40. The monoisotopic (exact) mass is 249 g/mol. The minimum atomic E-state index is -0.504. The van der Waals surface area contributed by atoms with Crippen LogP contribution in [0.2, 0.25) is 0 Å². The molecule has 1 rings (SSSR count). The molecule has 2 N–H and O–H groups in total. The summed E-state index contributed by atoms with van der Waals surface area (Å²) < 4.78 is 13.6. The smallest absolute Gasteiger partial charge is 0.224 e. The predicted octanol–water partition coefficient (Wildman–Crippen LogP) is 2.30. The van der Waals surface area contributed by atoms with Gasteiger partial charge >= 0.3 is 0 Å². The highest BCUT2D eigenvalue weighted by Gasteiger charge is 2.06. The number of amides is 1. The first kappa shape index (κ1) is 14.2. The lowest BCUT2D eigenvalue weighted by Crippen LogP contribution is -2.11. The summed E-state index contributed by atoms with van der Waals surface area (Å²) >= 11 is 0. The van der Waals surface area contributed by atoms with Crippen molar-refractivity contribution in [3.05, 3.63) is 29.6 Å². The lowest BCUT2D eigenvalue weighted by atomic mass is 10.2. The average molecular weight is 249 g/mol. The number of aliphatic hydroxyl groups is 1. The van der Waals surface area contributed by atoms with E-state index in [1.807, 2.05) is 6.92 Å². The first-order valence-corrected chi connectivity index (χ1v) is 5.86. The lowest BCUT2D eigenvalue weighted by molar-refractivity contribution is -0.116. The molecule has 0 spiro atoms. The molecule has 18 heavy (non-hydrogen) atoms. The van der Waals surface area contributed by atoms with Gasteiger partial charge in [-0.05, 0) is 24.6 Å². The number of rotatable bonds is 4. The molecule has 0 aliphatic carbocycles. The van der Waals surface area contributed by atoms with Crippen LogP contribution in [0.5, 0.6) is 0 Å². The highest BCUT2D eigenvalue weighted by atomic mass is 19.1. The third-order valence-electron chi connectivity index (χ3n) is 2.19. The van der Waals surface area contributed by atoms with Gasteiger partial charge in [0.2, 0.25) is 5.91 Å². The normalized spacial score (nSPS) is 9.50. The van der Waals surface area contributed by atoms with E-state index in [0.29, 0.717) is 18.4 Å². The summed E-state index contributed by atoms with van der Waals surface area (Å²) in [5.74, 6) is 4.73. The Morgan fingerprint density at radius 1 is 1.50 bits per heavy atom. The molecule has 0 fully saturated rings. The Balaban J connectivity index is 2.74. The first-order chi connectivity index (χ1) is 8.67. The van der Waals surface area contributed by atoms with Crippen molar-refractivity contribution in [3.8, 4) is 11.8 Å². The SMILES string of the molecule is CCCC(=O)Nc1ccc(C#CCCO)cc1F. The molecule has 0 aliphatic heterocycles. The number of hydrogen-bond acceptors (Lipinski definition) is 2. The molecule has 0 unspecified atom stereocenters. The summed E-state index contributed by atoms with van der Waals surface area (Å²) in [6.07, 6.45) is 1.45. The van der Waals surface area contributed by atoms with E-state index in [4.69, 9.17) is 5.11 Å². The van der Waals surface area contributed by atoms with Gasteiger partial charge in [0.25, 0.3) is 0 Å². The van der Waals surface area contributed by atoms with Gasteiger partial charge in [0.15, 0.2) is 0 Å². The van der Waals surface area contributed by atoms with Crippen molar-refractivity contribution in [2.75, 3.05) is 11.9 Å². The van der Waals surface area contributed by atoms with Crippen molar-refractivity contribution in [1.29, 1.82) is 0 Å². The topological polar surface area (TPSA) is 49.3 Å². The van der Waals surface area contributed by atoms with Crippen molar-refractivity contribution in [2.24, 2.45) is 0 Å². The Labute approximate surface area is 106 Å². The van der Waals surface area contributed by atoms with E-state index in [1.54, 1.807) is 6.07 Å². The van der Waals surface area contributed by atoms with E-state index in [0.717, 1.165) is 6.42 Å². The summed E-state index contributed by atoms with van der Waals surface area (Å²) in [4.78, 5) is 11.3. The van der Waals surface area contributed by atoms with E-state index >= 15 is 0 Å². The lowest BCUT2D eigenvalue weighted by Gasteiger charge is -2.05. The maximum Gasteiger partial charge on any atom is 0.224 e.